The van der Waals surface area contributed by atoms with Crippen LogP contribution in [0.3, 0.4) is 0 Å². The van der Waals surface area contributed by atoms with Gasteiger partial charge in [0.05, 0.1) is 5.92 Å². The lowest BCUT2D eigenvalue weighted by atomic mass is 10.0. The summed E-state index contributed by atoms with van der Waals surface area (Å²) < 4.78 is 0. The highest BCUT2D eigenvalue weighted by Crippen LogP contribution is 2.41. The molecule has 0 aliphatic carbocycles. The first kappa shape index (κ1) is 13.2. The molecule has 0 saturated carbocycles. The van der Waals surface area contributed by atoms with Crippen molar-refractivity contribution in [1.29, 1.82) is 0 Å². The predicted molar refractivity (Wildman–Crippen MR) is 85.1 cm³/mol. The fourth-order valence-corrected chi connectivity index (χ4v) is 4.30. The highest BCUT2D eigenvalue weighted by molar-refractivity contribution is 7.99. The monoisotopic (exact) mass is 301 g/mol. The van der Waals surface area contributed by atoms with Gasteiger partial charge in [0, 0.05) is 36.3 Å². The van der Waals surface area contributed by atoms with Crippen molar-refractivity contribution < 1.29 is 0 Å². The maximum Gasteiger partial charge on any atom is 0.244 e. The summed E-state index contributed by atoms with van der Waals surface area (Å²) in [4.78, 5) is 8.40. The van der Waals surface area contributed by atoms with Crippen molar-refractivity contribution in [3.05, 3.63) is 35.7 Å². The minimum atomic E-state index is 0.341. The molecule has 1 saturated heterocycles. The fourth-order valence-electron chi connectivity index (χ4n) is 3.07. The van der Waals surface area contributed by atoms with Gasteiger partial charge in [-0.1, -0.05) is 18.2 Å². The smallest absolute Gasteiger partial charge is 0.244 e. The number of hydrogen-bond acceptors (Lipinski definition) is 5. The van der Waals surface area contributed by atoms with Gasteiger partial charge in [0.25, 0.3) is 0 Å². The van der Waals surface area contributed by atoms with Crippen molar-refractivity contribution in [2.75, 3.05) is 30.3 Å². The third kappa shape index (κ3) is 2.42. The molecule has 2 unspecified atom stereocenters. The van der Waals surface area contributed by atoms with E-state index >= 15 is 0 Å². The number of aromatic nitrogens is 3. The maximum absolute atomic E-state index is 4.77. The van der Waals surface area contributed by atoms with Gasteiger partial charge in [-0.2, -0.15) is 4.98 Å². The molecule has 2 aliphatic heterocycles. The van der Waals surface area contributed by atoms with Crippen LogP contribution >= 0.6 is 11.8 Å². The molecule has 1 fully saturated rings. The topological polar surface area (TPSA) is 56.8 Å². The number of nitrogens with one attached hydrogen (secondary N) is 2. The van der Waals surface area contributed by atoms with E-state index in [9.17, 15) is 0 Å². The molecule has 2 N–H and O–H groups in total. The Bertz CT molecular complexity index is 640. The quantitative estimate of drug-likeness (QED) is 0.886. The summed E-state index contributed by atoms with van der Waals surface area (Å²) in [5, 5.41) is 11.1. The normalized spacial score (nSPS) is 25.1. The Hall–Kier alpha value is -1.53. The largest absolute Gasteiger partial charge is 0.337 e. The number of hydrogen-bond donors (Lipinski definition) is 2. The van der Waals surface area contributed by atoms with Gasteiger partial charge < -0.3 is 10.2 Å². The number of piperazine rings is 1. The zero-order valence-electron chi connectivity index (χ0n) is 12.0. The molecule has 2 aromatic rings. The summed E-state index contributed by atoms with van der Waals surface area (Å²) in [5.41, 5.74) is 1.37. The Kier molecular flexibility index (Phi) is 3.35. The maximum atomic E-state index is 4.77. The number of anilines is 1. The number of rotatable bonds is 2. The van der Waals surface area contributed by atoms with Crippen molar-refractivity contribution in [1.82, 2.24) is 20.5 Å². The number of thioether (sulfide) groups is 1. The Morgan fingerprint density at radius 3 is 3.14 bits per heavy atom. The second-order valence-electron chi connectivity index (χ2n) is 5.72. The molecule has 1 aromatic heterocycles. The van der Waals surface area contributed by atoms with E-state index in [-0.39, 0.29) is 0 Å². The van der Waals surface area contributed by atoms with Crippen molar-refractivity contribution in [2.45, 2.75) is 23.8 Å². The fraction of sp³-hybridized carbons (Fsp3) is 0.467. The molecule has 3 heterocycles. The molecule has 0 radical (unpaired) electrons. The molecule has 1 aromatic carbocycles. The zero-order valence-corrected chi connectivity index (χ0v) is 12.9. The molecule has 0 amide bonds. The van der Waals surface area contributed by atoms with Crippen LogP contribution in [0.4, 0.5) is 5.95 Å². The van der Waals surface area contributed by atoms with E-state index in [0.717, 1.165) is 37.2 Å². The molecule has 0 bridgehead atoms. The second kappa shape index (κ2) is 5.35. The van der Waals surface area contributed by atoms with Crippen molar-refractivity contribution in [2.24, 2.45) is 0 Å². The highest BCUT2D eigenvalue weighted by atomic mass is 32.2. The van der Waals surface area contributed by atoms with E-state index in [2.05, 4.69) is 51.6 Å². The molecule has 2 aliphatic rings. The molecule has 110 valence electrons. The first-order valence-corrected chi connectivity index (χ1v) is 8.42. The molecule has 6 heteroatoms. The highest BCUT2D eigenvalue weighted by Gasteiger charge is 2.28. The van der Waals surface area contributed by atoms with Crippen LogP contribution in [-0.2, 0) is 0 Å². The predicted octanol–water partition coefficient (Wildman–Crippen LogP) is 1.84. The molecule has 2 atom stereocenters. The van der Waals surface area contributed by atoms with Gasteiger partial charge in [0.1, 0.15) is 5.82 Å². The van der Waals surface area contributed by atoms with Crippen LogP contribution < -0.4 is 10.2 Å². The van der Waals surface area contributed by atoms with Crippen LogP contribution in [0.2, 0.25) is 0 Å². The van der Waals surface area contributed by atoms with Gasteiger partial charge in [0.2, 0.25) is 5.95 Å². The Morgan fingerprint density at radius 2 is 2.24 bits per heavy atom. The second-order valence-corrected chi connectivity index (χ2v) is 6.79. The van der Waals surface area contributed by atoms with E-state index in [1.54, 1.807) is 0 Å². The average molecular weight is 301 g/mol. The van der Waals surface area contributed by atoms with E-state index in [0.29, 0.717) is 12.0 Å². The van der Waals surface area contributed by atoms with E-state index in [1.165, 1.54) is 10.5 Å². The van der Waals surface area contributed by atoms with Crippen molar-refractivity contribution in [3.63, 3.8) is 0 Å². The van der Waals surface area contributed by atoms with E-state index < -0.39 is 0 Å². The Morgan fingerprint density at radius 1 is 1.33 bits per heavy atom. The van der Waals surface area contributed by atoms with E-state index in [1.807, 2.05) is 11.8 Å². The Balaban J connectivity index is 1.58. The van der Waals surface area contributed by atoms with Gasteiger partial charge in [-0.05, 0) is 18.6 Å². The van der Waals surface area contributed by atoms with Crippen LogP contribution in [0.5, 0.6) is 0 Å². The summed E-state index contributed by atoms with van der Waals surface area (Å²) in [6.07, 6.45) is 0. The third-order valence-corrected chi connectivity index (χ3v) is 5.36. The lowest BCUT2D eigenvalue weighted by Gasteiger charge is -2.30. The summed E-state index contributed by atoms with van der Waals surface area (Å²) >= 11 is 1.90. The molecule has 5 nitrogen and oxygen atoms in total. The molecule has 4 rings (SSSR count). The van der Waals surface area contributed by atoms with Crippen molar-refractivity contribution in [3.8, 4) is 0 Å². The standard InChI is InChI=1S/C15H19N5S/c1-10-8-20(7-6-16-10)15-17-14(18-19-15)12-9-21-13-5-3-2-4-11(12)13/h2-5,10,12,16H,6-9H2,1H3,(H,17,18,19). The summed E-state index contributed by atoms with van der Waals surface area (Å²) in [6.45, 7) is 5.13. The minimum absolute atomic E-state index is 0.341. The summed E-state index contributed by atoms with van der Waals surface area (Å²) in [5.74, 6) is 3.22. The van der Waals surface area contributed by atoms with Crippen molar-refractivity contribution >= 4 is 17.7 Å². The number of nitrogens with zero attached hydrogens (tertiary/aromatic N) is 3. The van der Waals surface area contributed by atoms with Gasteiger partial charge in [-0.25, -0.2) is 0 Å². The molecular weight excluding hydrogens is 282 g/mol. The SMILES string of the molecule is CC1CN(c2n[nH]c(C3CSc4ccccc43)n2)CCN1. The first-order valence-electron chi connectivity index (χ1n) is 7.43. The number of benzene rings is 1. The van der Waals surface area contributed by atoms with Gasteiger partial charge >= 0.3 is 0 Å². The number of aromatic amines is 1. The van der Waals surface area contributed by atoms with Gasteiger partial charge in [0.15, 0.2) is 0 Å². The van der Waals surface area contributed by atoms with Gasteiger partial charge in [-0.3, -0.25) is 5.10 Å². The van der Waals surface area contributed by atoms with Crippen LogP contribution in [0, 0.1) is 0 Å². The lowest BCUT2D eigenvalue weighted by Crippen LogP contribution is -2.49. The molecule has 21 heavy (non-hydrogen) atoms. The van der Waals surface area contributed by atoms with Crippen LogP contribution in [0.15, 0.2) is 29.2 Å². The third-order valence-electron chi connectivity index (χ3n) is 4.17. The number of H-pyrrole nitrogens is 1. The van der Waals surface area contributed by atoms with E-state index in [4.69, 9.17) is 4.98 Å². The average Bonchev–Trinajstić information content (AvgIpc) is 3.14. The summed E-state index contributed by atoms with van der Waals surface area (Å²) in [7, 11) is 0. The summed E-state index contributed by atoms with van der Waals surface area (Å²) in [6, 6.07) is 9.09. The first-order chi connectivity index (χ1) is 10.3. The Labute approximate surface area is 128 Å². The van der Waals surface area contributed by atoms with Gasteiger partial charge in [-0.15, -0.1) is 16.9 Å². The van der Waals surface area contributed by atoms with Crippen LogP contribution in [0.25, 0.3) is 0 Å². The zero-order chi connectivity index (χ0) is 14.2. The lowest BCUT2D eigenvalue weighted by molar-refractivity contribution is 0.479. The molecular formula is C15H19N5S. The molecule has 0 spiro atoms. The van der Waals surface area contributed by atoms with Crippen LogP contribution in [-0.4, -0.2) is 46.6 Å². The van der Waals surface area contributed by atoms with Crippen LogP contribution in [0.1, 0.15) is 24.2 Å². The number of fused-ring (bicyclic) bond motifs is 1. The minimum Gasteiger partial charge on any atom is -0.337 e.